The Morgan fingerprint density at radius 3 is 3.00 bits per heavy atom. The lowest BCUT2D eigenvalue weighted by Gasteiger charge is -2.70. The minimum Gasteiger partial charge on any atom is -0.504 e. The zero-order valence-electron chi connectivity index (χ0n) is 16.1. The van der Waals surface area contributed by atoms with Crippen LogP contribution >= 0.6 is 0 Å². The minimum absolute atomic E-state index is 0.116. The highest BCUT2D eigenvalue weighted by atomic mass is 16.5. The molecule has 2 spiro atoms. The first-order valence-electron chi connectivity index (χ1n) is 10.2. The number of hydrogen-bond acceptors (Lipinski definition) is 6. The number of carbonyl (C=O) groups excluding carboxylic acids is 1. The summed E-state index contributed by atoms with van der Waals surface area (Å²) in [5.41, 5.74) is 0.0764. The van der Waals surface area contributed by atoms with E-state index in [1.165, 1.54) is 5.56 Å². The zero-order valence-corrected chi connectivity index (χ0v) is 16.1. The fraction of sp³-hybridized carbons (Fsp3) is 0.591. The molecule has 1 aromatic carbocycles. The fourth-order valence-corrected chi connectivity index (χ4v) is 7.27. The molecule has 2 N–H and O–H groups in total. The first-order chi connectivity index (χ1) is 13.4. The van der Waals surface area contributed by atoms with Crippen molar-refractivity contribution >= 4 is 5.97 Å². The monoisotopic (exact) mass is 383 g/mol. The molecular weight excluding hydrogens is 358 g/mol. The average Bonchev–Trinajstić information content (AvgIpc) is 3.04. The Labute approximate surface area is 163 Å². The number of esters is 1. The number of aliphatic hydroxyl groups is 1. The highest BCUT2D eigenvalue weighted by Gasteiger charge is 2.79. The summed E-state index contributed by atoms with van der Waals surface area (Å²) >= 11 is 0. The molecule has 2 heterocycles. The largest absolute Gasteiger partial charge is 0.504 e. The molecule has 0 aromatic heterocycles. The number of benzene rings is 1. The molecule has 2 aliphatic heterocycles. The predicted octanol–water partition coefficient (Wildman–Crippen LogP) is 1.52. The van der Waals surface area contributed by atoms with Crippen LogP contribution in [0.4, 0.5) is 0 Å². The Kier molecular flexibility index (Phi) is 2.96. The van der Waals surface area contributed by atoms with Gasteiger partial charge in [0, 0.05) is 17.0 Å². The van der Waals surface area contributed by atoms with Crippen molar-refractivity contribution in [3.05, 3.63) is 35.4 Å². The van der Waals surface area contributed by atoms with E-state index in [4.69, 9.17) is 9.47 Å². The van der Waals surface area contributed by atoms with Crippen molar-refractivity contribution in [2.75, 3.05) is 20.2 Å². The van der Waals surface area contributed by atoms with E-state index in [1.807, 2.05) is 6.07 Å². The zero-order chi connectivity index (χ0) is 19.5. The van der Waals surface area contributed by atoms with Gasteiger partial charge in [-0.25, -0.2) is 0 Å². The van der Waals surface area contributed by atoms with Gasteiger partial charge in [0.1, 0.15) is 11.7 Å². The van der Waals surface area contributed by atoms with Gasteiger partial charge in [-0.2, -0.15) is 0 Å². The van der Waals surface area contributed by atoms with Crippen LogP contribution in [0.1, 0.15) is 30.9 Å². The Bertz CT molecular complexity index is 943. The maximum atomic E-state index is 12.9. The molecule has 148 valence electrons. The van der Waals surface area contributed by atoms with Crippen molar-refractivity contribution in [3.8, 4) is 11.5 Å². The molecule has 6 atom stereocenters. The van der Waals surface area contributed by atoms with Crippen LogP contribution in [0, 0.1) is 11.3 Å². The molecule has 0 radical (unpaired) electrons. The minimum atomic E-state index is -1.44. The van der Waals surface area contributed by atoms with Gasteiger partial charge in [-0.15, -0.1) is 0 Å². The lowest BCUT2D eigenvalue weighted by molar-refractivity contribution is -0.213. The van der Waals surface area contributed by atoms with Crippen LogP contribution in [0.15, 0.2) is 24.3 Å². The van der Waals surface area contributed by atoms with E-state index in [1.54, 1.807) is 19.1 Å². The van der Waals surface area contributed by atoms with Gasteiger partial charge in [0.15, 0.2) is 11.5 Å². The number of piperidine rings is 1. The van der Waals surface area contributed by atoms with Crippen LogP contribution in [0.5, 0.6) is 11.5 Å². The molecule has 0 amide bonds. The van der Waals surface area contributed by atoms with E-state index in [-0.39, 0.29) is 29.8 Å². The number of fused-ring (bicyclic) bond motifs is 1. The second-order valence-electron chi connectivity index (χ2n) is 9.14. The molecule has 7 rings (SSSR count). The van der Waals surface area contributed by atoms with Gasteiger partial charge in [0.2, 0.25) is 0 Å². The molecule has 0 unspecified atom stereocenters. The van der Waals surface area contributed by atoms with Crippen molar-refractivity contribution in [1.82, 2.24) is 4.90 Å². The number of carbonyl (C=O) groups is 1. The molecule has 1 aromatic rings. The molecule has 6 heteroatoms. The molecule has 6 nitrogen and oxygen atoms in total. The highest BCUT2D eigenvalue weighted by Crippen LogP contribution is 2.74. The second-order valence-corrected chi connectivity index (χ2v) is 9.14. The third kappa shape index (κ3) is 1.52. The van der Waals surface area contributed by atoms with Crippen LogP contribution < -0.4 is 4.74 Å². The summed E-state index contributed by atoms with van der Waals surface area (Å²) in [5, 5.41) is 22.4. The number of nitrogens with zero attached hydrogens (tertiary/aromatic N) is 1. The SMILES string of the molecule is CCOC(=O)[C@@H]1C[C@@]23C=C[C@@]1(O)[C@@H]1Oc4c(O)ccc5c4[C@@]12CCN(C)[C@H]3C5. The van der Waals surface area contributed by atoms with Crippen LogP contribution in [0.2, 0.25) is 0 Å². The quantitative estimate of drug-likeness (QED) is 0.596. The van der Waals surface area contributed by atoms with Crippen LogP contribution in [-0.2, 0) is 21.4 Å². The van der Waals surface area contributed by atoms with Gasteiger partial charge in [-0.05, 0) is 51.4 Å². The molecule has 6 aliphatic rings. The normalized spacial score (nSPS) is 44.2. The number of rotatable bonds is 2. The van der Waals surface area contributed by atoms with E-state index in [2.05, 4.69) is 18.0 Å². The number of likely N-dealkylation sites (N-methyl/N-ethyl adjacent to an activating group) is 1. The predicted molar refractivity (Wildman–Crippen MR) is 100 cm³/mol. The van der Waals surface area contributed by atoms with Gasteiger partial charge >= 0.3 is 5.97 Å². The van der Waals surface area contributed by atoms with Crippen LogP contribution in [0.25, 0.3) is 0 Å². The number of likely N-dealkylation sites (tertiary alicyclic amines) is 1. The van der Waals surface area contributed by atoms with Gasteiger partial charge in [-0.3, -0.25) is 4.79 Å². The summed E-state index contributed by atoms with van der Waals surface area (Å²) in [5.74, 6) is -0.409. The lowest BCUT2D eigenvalue weighted by Crippen LogP contribution is -2.79. The first-order valence-corrected chi connectivity index (χ1v) is 10.2. The summed E-state index contributed by atoms with van der Waals surface area (Å²) in [7, 11) is 2.14. The summed E-state index contributed by atoms with van der Waals surface area (Å²) in [6.07, 6.45) is 5.58. The van der Waals surface area contributed by atoms with Crippen molar-refractivity contribution in [3.63, 3.8) is 0 Å². The second kappa shape index (κ2) is 4.92. The van der Waals surface area contributed by atoms with E-state index >= 15 is 0 Å². The maximum absolute atomic E-state index is 12.9. The standard InChI is InChI=1S/C22H25NO5/c1-3-27-18(25)13-11-20-6-7-22(13,26)19-21(20)8-9-23(2)15(20)10-12-4-5-14(24)17(28-19)16(12)21/h4-7,13,15,19,24,26H,3,8-11H2,1-2H3/t13-,15-,19+,20+,21-,22-/m0/s1. The molecule has 4 bridgehead atoms. The van der Waals surface area contributed by atoms with Gasteiger partial charge in [-0.1, -0.05) is 18.2 Å². The molecular formula is C22H25NO5. The van der Waals surface area contributed by atoms with Crippen LogP contribution in [0.3, 0.4) is 0 Å². The number of hydrogen-bond donors (Lipinski definition) is 2. The Morgan fingerprint density at radius 2 is 2.21 bits per heavy atom. The van der Waals surface area contributed by atoms with Gasteiger partial charge in [0.05, 0.1) is 17.9 Å². The van der Waals surface area contributed by atoms with Crippen LogP contribution in [-0.4, -0.2) is 59.0 Å². The highest BCUT2D eigenvalue weighted by molar-refractivity contribution is 5.78. The summed E-state index contributed by atoms with van der Waals surface area (Å²) in [6, 6.07) is 3.91. The number of phenolic OH excluding ortho intramolecular Hbond substituents is 1. The molecule has 2 fully saturated rings. The molecule has 1 saturated heterocycles. The Balaban J connectivity index is 1.65. The van der Waals surface area contributed by atoms with E-state index in [9.17, 15) is 15.0 Å². The Morgan fingerprint density at radius 1 is 1.39 bits per heavy atom. The van der Waals surface area contributed by atoms with Gasteiger partial charge in [0.25, 0.3) is 0 Å². The average molecular weight is 383 g/mol. The van der Waals surface area contributed by atoms with E-state index in [0.29, 0.717) is 12.2 Å². The van der Waals surface area contributed by atoms with Crippen molar-refractivity contribution in [2.24, 2.45) is 11.3 Å². The Hall–Kier alpha value is -2.05. The summed E-state index contributed by atoms with van der Waals surface area (Å²) in [6.45, 7) is 2.97. The third-order valence-corrected chi connectivity index (χ3v) is 8.32. The summed E-state index contributed by atoms with van der Waals surface area (Å²) < 4.78 is 11.7. The van der Waals surface area contributed by atoms with Crippen molar-refractivity contribution in [2.45, 2.75) is 49.3 Å². The fourth-order valence-electron chi connectivity index (χ4n) is 7.27. The number of phenols is 1. The molecule has 1 saturated carbocycles. The van der Waals surface area contributed by atoms with E-state index < -0.39 is 23.0 Å². The van der Waals surface area contributed by atoms with E-state index in [0.717, 1.165) is 24.9 Å². The number of ether oxygens (including phenoxy) is 2. The smallest absolute Gasteiger partial charge is 0.312 e. The summed E-state index contributed by atoms with van der Waals surface area (Å²) in [4.78, 5) is 15.2. The molecule has 28 heavy (non-hydrogen) atoms. The molecule has 4 aliphatic carbocycles. The third-order valence-electron chi connectivity index (χ3n) is 8.32. The van der Waals surface area contributed by atoms with Gasteiger partial charge < -0.3 is 24.6 Å². The first kappa shape index (κ1) is 16.9. The topological polar surface area (TPSA) is 79.2 Å². The number of aromatic hydroxyl groups is 1. The van der Waals surface area contributed by atoms with Crippen molar-refractivity contribution < 1.29 is 24.5 Å². The lowest BCUT2D eigenvalue weighted by atomic mass is 9.37. The van der Waals surface area contributed by atoms with Crippen molar-refractivity contribution in [1.29, 1.82) is 0 Å². The maximum Gasteiger partial charge on any atom is 0.312 e.